The van der Waals surface area contributed by atoms with Crippen LogP contribution in [-0.2, 0) is 9.63 Å². The minimum absolute atomic E-state index is 0.0483. The van der Waals surface area contributed by atoms with Crippen molar-refractivity contribution in [2.24, 2.45) is 5.16 Å². The smallest absolute Gasteiger partial charge is 0.219 e. The summed E-state index contributed by atoms with van der Waals surface area (Å²) >= 11 is 0. The van der Waals surface area contributed by atoms with Crippen molar-refractivity contribution in [1.82, 2.24) is 4.90 Å². The van der Waals surface area contributed by atoms with E-state index < -0.39 is 0 Å². The van der Waals surface area contributed by atoms with Crippen LogP contribution in [-0.4, -0.2) is 35.7 Å². The van der Waals surface area contributed by atoms with Crippen LogP contribution >= 0.6 is 0 Å². The van der Waals surface area contributed by atoms with Crippen LogP contribution in [0.5, 0.6) is 0 Å². The van der Waals surface area contributed by atoms with Crippen LogP contribution in [0, 0.1) is 5.82 Å². The van der Waals surface area contributed by atoms with Crippen LogP contribution in [0.1, 0.15) is 18.9 Å². The van der Waals surface area contributed by atoms with E-state index in [0.717, 1.165) is 0 Å². The van der Waals surface area contributed by atoms with Crippen molar-refractivity contribution >= 4 is 11.6 Å². The molecule has 1 atom stereocenters. The molecule has 0 radical (unpaired) electrons. The van der Waals surface area contributed by atoms with Gasteiger partial charge in [0.25, 0.3) is 0 Å². The summed E-state index contributed by atoms with van der Waals surface area (Å²) in [4.78, 5) is 18.4. The molecule has 1 aliphatic rings. The van der Waals surface area contributed by atoms with Crippen LogP contribution < -0.4 is 0 Å². The van der Waals surface area contributed by atoms with Crippen LogP contribution in [0.15, 0.2) is 42.1 Å². The number of hydrogen-bond acceptors (Lipinski definition) is 3. The average molecular weight is 276 g/mol. The lowest BCUT2D eigenvalue weighted by Gasteiger charge is -2.21. The largest absolute Gasteiger partial charge is 0.390 e. The third kappa shape index (κ3) is 3.23. The van der Waals surface area contributed by atoms with Crippen molar-refractivity contribution in [3.05, 3.63) is 48.3 Å². The predicted molar refractivity (Wildman–Crippen MR) is 74.9 cm³/mol. The fourth-order valence-electron chi connectivity index (χ4n) is 2.11. The molecule has 0 saturated carbocycles. The second-order valence-electron chi connectivity index (χ2n) is 4.66. The molecule has 1 unspecified atom stereocenters. The minimum atomic E-state index is -0.315. The predicted octanol–water partition coefficient (Wildman–Crippen LogP) is 2.35. The molecule has 0 aromatic heterocycles. The van der Waals surface area contributed by atoms with Gasteiger partial charge in [-0.1, -0.05) is 29.4 Å². The Balaban J connectivity index is 1.99. The lowest BCUT2D eigenvalue weighted by Crippen LogP contribution is -2.36. The van der Waals surface area contributed by atoms with E-state index in [4.69, 9.17) is 4.84 Å². The van der Waals surface area contributed by atoms with E-state index in [1.165, 1.54) is 13.0 Å². The molecule has 5 heteroatoms. The number of oxime groups is 1. The molecule has 1 aromatic rings. The van der Waals surface area contributed by atoms with E-state index in [-0.39, 0.29) is 17.8 Å². The highest BCUT2D eigenvalue weighted by atomic mass is 19.1. The summed E-state index contributed by atoms with van der Waals surface area (Å²) in [6.45, 7) is 6.00. The zero-order valence-corrected chi connectivity index (χ0v) is 11.4. The van der Waals surface area contributed by atoms with Gasteiger partial charge in [-0.15, -0.1) is 6.58 Å². The molecule has 1 amide bonds. The summed E-state index contributed by atoms with van der Waals surface area (Å²) in [6, 6.07) is 6.46. The highest BCUT2D eigenvalue weighted by Gasteiger charge is 2.26. The zero-order valence-electron chi connectivity index (χ0n) is 11.4. The number of benzene rings is 1. The lowest BCUT2D eigenvalue weighted by atomic mass is 10.0. The molecular formula is C15H17FN2O2. The van der Waals surface area contributed by atoms with E-state index in [0.29, 0.717) is 30.8 Å². The fourth-order valence-corrected chi connectivity index (χ4v) is 2.11. The number of rotatable bonds is 5. The molecule has 20 heavy (non-hydrogen) atoms. The van der Waals surface area contributed by atoms with E-state index in [9.17, 15) is 9.18 Å². The Morgan fingerprint density at radius 1 is 1.60 bits per heavy atom. The molecule has 0 N–H and O–H groups in total. The molecule has 0 saturated heterocycles. The lowest BCUT2D eigenvalue weighted by molar-refractivity contribution is -0.130. The van der Waals surface area contributed by atoms with Crippen molar-refractivity contribution in [3.8, 4) is 0 Å². The minimum Gasteiger partial charge on any atom is -0.390 e. The maximum atomic E-state index is 13.7. The molecular weight excluding hydrogens is 259 g/mol. The van der Waals surface area contributed by atoms with Crippen molar-refractivity contribution in [2.45, 2.75) is 19.4 Å². The summed E-state index contributed by atoms with van der Waals surface area (Å²) in [5.74, 6) is -0.363. The Morgan fingerprint density at radius 3 is 3.00 bits per heavy atom. The van der Waals surface area contributed by atoms with Crippen molar-refractivity contribution in [1.29, 1.82) is 0 Å². The third-order valence-electron chi connectivity index (χ3n) is 3.14. The molecule has 1 heterocycles. The van der Waals surface area contributed by atoms with E-state index in [2.05, 4.69) is 11.7 Å². The van der Waals surface area contributed by atoms with E-state index in [1.54, 1.807) is 29.2 Å². The second-order valence-corrected chi connectivity index (χ2v) is 4.66. The molecule has 1 aromatic carbocycles. The Hall–Kier alpha value is -2.17. The molecule has 106 valence electrons. The van der Waals surface area contributed by atoms with Gasteiger partial charge >= 0.3 is 0 Å². The molecule has 2 rings (SSSR count). The first-order valence-corrected chi connectivity index (χ1v) is 6.45. The summed E-state index contributed by atoms with van der Waals surface area (Å²) in [6.07, 6.45) is 1.91. The zero-order chi connectivity index (χ0) is 14.5. The van der Waals surface area contributed by atoms with Gasteiger partial charge < -0.3 is 9.74 Å². The van der Waals surface area contributed by atoms with Crippen LogP contribution in [0.3, 0.4) is 0 Å². The summed E-state index contributed by atoms with van der Waals surface area (Å²) in [5.41, 5.74) is 1.03. The van der Waals surface area contributed by atoms with Gasteiger partial charge in [0.2, 0.25) is 5.91 Å². The summed E-state index contributed by atoms with van der Waals surface area (Å²) < 4.78 is 13.7. The number of amides is 1. The fraction of sp³-hybridized carbons (Fsp3) is 0.333. The first kappa shape index (κ1) is 14.2. The van der Waals surface area contributed by atoms with Crippen LogP contribution in [0.25, 0.3) is 0 Å². The first-order chi connectivity index (χ1) is 9.61. The van der Waals surface area contributed by atoms with Gasteiger partial charge in [-0.3, -0.25) is 4.79 Å². The Morgan fingerprint density at radius 2 is 2.35 bits per heavy atom. The maximum absolute atomic E-state index is 13.7. The molecule has 1 aliphatic heterocycles. The van der Waals surface area contributed by atoms with Gasteiger partial charge in [0, 0.05) is 25.5 Å². The van der Waals surface area contributed by atoms with Crippen molar-refractivity contribution in [2.75, 3.05) is 13.1 Å². The molecule has 4 nitrogen and oxygen atoms in total. The summed E-state index contributed by atoms with van der Waals surface area (Å²) in [7, 11) is 0. The summed E-state index contributed by atoms with van der Waals surface area (Å²) in [5, 5.41) is 3.93. The van der Waals surface area contributed by atoms with Gasteiger partial charge in [-0.2, -0.15) is 0 Å². The number of carbonyl (C=O) groups excluding carboxylic acids is 1. The van der Waals surface area contributed by atoms with Gasteiger partial charge in [-0.05, 0) is 6.07 Å². The number of nitrogens with zero attached hydrogens (tertiary/aromatic N) is 2. The van der Waals surface area contributed by atoms with Crippen molar-refractivity contribution in [3.63, 3.8) is 0 Å². The highest BCUT2D eigenvalue weighted by molar-refractivity contribution is 6.01. The Bertz CT molecular complexity index is 542. The second kappa shape index (κ2) is 6.32. The monoisotopic (exact) mass is 276 g/mol. The quantitative estimate of drug-likeness (QED) is 0.775. The van der Waals surface area contributed by atoms with Crippen LogP contribution in [0.2, 0.25) is 0 Å². The van der Waals surface area contributed by atoms with E-state index >= 15 is 0 Å². The maximum Gasteiger partial charge on any atom is 0.219 e. The SMILES string of the molecule is C=CCN(CC1CC(c2ccccc2F)=NO1)C(C)=O. The van der Waals surface area contributed by atoms with Gasteiger partial charge in [0.05, 0.1) is 12.3 Å². The standard InChI is InChI=1S/C15H17FN2O2/c1-3-8-18(11(2)19)10-12-9-15(17-20-12)13-6-4-5-7-14(13)16/h3-7,12H,1,8-10H2,2H3. The molecule has 0 spiro atoms. The number of halogens is 1. The molecule has 0 fully saturated rings. The number of hydrogen-bond donors (Lipinski definition) is 0. The normalized spacial score (nSPS) is 17.3. The topological polar surface area (TPSA) is 41.9 Å². The van der Waals surface area contributed by atoms with E-state index in [1.807, 2.05) is 0 Å². The third-order valence-corrected chi connectivity index (χ3v) is 3.14. The Labute approximate surface area is 117 Å². The first-order valence-electron chi connectivity index (χ1n) is 6.45. The van der Waals surface area contributed by atoms with Gasteiger partial charge in [0.1, 0.15) is 5.82 Å². The Kier molecular flexibility index (Phi) is 4.50. The molecule has 0 bridgehead atoms. The number of carbonyl (C=O) groups is 1. The van der Waals surface area contributed by atoms with Gasteiger partial charge in [0.15, 0.2) is 6.10 Å². The van der Waals surface area contributed by atoms with Gasteiger partial charge in [-0.25, -0.2) is 4.39 Å². The van der Waals surface area contributed by atoms with Crippen molar-refractivity contribution < 1.29 is 14.0 Å². The highest BCUT2D eigenvalue weighted by Crippen LogP contribution is 2.19. The molecule has 0 aliphatic carbocycles. The average Bonchev–Trinajstić information content (AvgIpc) is 2.87. The van der Waals surface area contributed by atoms with Crippen LogP contribution in [0.4, 0.5) is 4.39 Å².